The van der Waals surface area contributed by atoms with Crippen molar-refractivity contribution in [2.24, 2.45) is 5.92 Å². The molecule has 3 nitrogen and oxygen atoms in total. The van der Waals surface area contributed by atoms with Gasteiger partial charge in [0.25, 0.3) is 0 Å². The van der Waals surface area contributed by atoms with Crippen molar-refractivity contribution in [3.63, 3.8) is 0 Å². The van der Waals surface area contributed by atoms with Gasteiger partial charge in [0.05, 0.1) is 18.9 Å². The van der Waals surface area contributed by atoms with Gasteiger partial charge in [-0.1, -0.05) is 13.3 Å². The van der Waals surface area contributed by atoms with Crippen molar-refractivity contribution in [1.82, 2.24) is 5.32 Å². The van der Waals surface area contributed by atoms with Crippen LogP contribution in [0.1, 0.15) is 50.8 Å². The molecular weight excluding hydrogens is 214 g/mol. The van der Waals surface area contributed by atoms with Crippen LogP contribution in [0.2, 0.25) is 0 Å². The van der Waals surface area contributed by atoms with Crippen LogP contribution in [0.5, 0.6) is 0 Å². The number of nitrogens with one attached hydrogen (secondary N) is 1. The van der Waals surface area contributed by atoms with Crippen molar-refractivity contribution < 1.29 is 9.52 Å². The van der Waals surface area contributed by atoms with Crippen molar-refractivity contribution in [2.45, 2.75) is 51.1 Å². The van der Waals surface area contributed by atoms with Crippen molar-refractivity contribution in [3.8, 4) is 0 Å². The molecule has 2 N–H and O–H groups in total. The number of aliphatic hydroxyl groups is 1. The maximum Gasteiger partial charge on any atom is 0.123 e. The fourth-order valence-corrected chi connectivity index (χ4v) is 2.74. The summed E-state index contributed by atoms with van der Waals surface area (Å²) in [6, 6.07) is 4.27. The number of furan rings is 1. The average Bonchev–Trinajstić information content (AvgIpc) is 2.90. The van der Waals surface area contributed by atoms with Crippen LogP contribution in [0, 0.1) is 5.92 Å². The lowest BCUT2D eigenvalue weighted by Gasteiger charge is -2.30. The Morgan fingerprint density at radius 2 is 2.18 bits per heavy atom. The van der Waals surface area contributed by atoms with E-state index in [0.29, 0.717) is 6.04 Å². The lowest BCUT2D eigenvalue weighted by molar-refractivity contribution is 0.192. The van der Waals surface area contributed by atoms with E-state index in [9.17, 15) is 5.11 Å². The maximum atomic E-state index is 9.40. The number of hydrogen-bond donors (Lipinski definition) is 2. The molecule has 1 saturated carbocycles. The molecule has 1 aliphatic rings. The van der Waals surface area contributed by atoms with E-state index in [2.05, 4.69) is 12.2 Å². The molecule has 0 bridgehead atoms. The van der Waals surface area contributed by atoms with Gasteiger partial charge in [-0.15, -0.1) is 0 Å². The summed E-state index contributed by atoms with van der Waals surface area (Å²) < 4.78 is 5.35. The molecule has 0 radical (unpaired) electrons. The van der Waals surface area contributed by atoms with E-state index in [1.165, 1.54) is 32.1 Å². The first-order valence-corrected chi connectivity index (χ1v) is 6.73. The normalized spacial score (nSPS) is 26.9. The molecule has 0 aromatic carbocycles. The van der Waals surface area contributed by atoms with E-state index in [0.717, 1.165) is 11.7 Å². The van der Waals surface area contributed by atoms with Gasteiger partial charge in [-0.25, -0.2) is 0 Å². The molecule has 1 atom stereocenters. The predicted molar refractivity (Wildman–Crippen MR) is 67.7 cm³/mol. The molecule has 0 spiro atoms. The highest BCUT2D eigenvalue weighted by atomic mass is 16.3. The minimum absolute atomic E-state index is 0.0480. The Morgan fingerprint density at radius 1 is 1.41 bits per heavy atom. The molecule has 2 rings (SSSR count). The van der Waals surface area contributed by atoms with E-state index in [1.807, 2.05) is 12.1 Å². The zero-order valence-corrected chi connectivity index (χ0v) is 10.6. The summed E-state index contributed by atoms with van der Waals surface area (Å²) in [6.45, 7) is 2.37. The summed E-state index contributed by atoms with van der Waals surface area (Å²) in [5.41, 5.74) is 0. The monoisotopic (exact) mass is 237 g/mol. The summed E-state index contributed by atoms with van der Waals surface area (Å²) in [7, 11) is 0. The van der Waals surface area contributed by atoms with E-state index >= 15 is 0 Å². The van der Waals surface area contributed by atoms with E-state index < -0.39 is 0 Å². The fraction of sp³-hybridized carbons (Fsp3) is 0.714. The Labute approximate surface area is 103 Å². The quantitative estimate of drug-likeness (QED) is 0.827. The standard InChI is InChI=1S/C14H23NO2/c1-2-11-5-7-12(8-6-11)15-13(10-16)14-4-3-9-17-14/h3-4,9,11-13,15-16H,2,5-8,10H2,1H3. The van der Waals surface area contributed by atoms with Gasteiger partial charge in [-0.2, -0.15) is 0 Å². The molecule has 17 heavy (non-hydrogen) atoms. The van der Waals surface area contributed by atoms with Crippen molar-refractivity contribution >= 4 is 0 Å². The van der Waals surface area contributed by atoms with E-state index in [1.54, 1.807) is 6.26 Å². The van der Waals surface area contributed by atoms with Crippen molar-refractivity contribution in [2.75, 3.05) is 6.61 Å². The zero-order valence-electron chi connectivity index (χ0n) is 10.6. The highest BCUT2D eigenvalue weighted by Crippen LogP contribution is 2.28. The highest BCUT2D eigenvalue weighted by Gasteiger charge is 2.23. The number of aliphatic hydroxyl groups excluding tert-OH is 1. The second kappa shape index (κ2) is 6.22. The second-order valence-corrected chi connectivity index (χ2v) is 5.04. The molecule has 0 saturated heterocycles. The zero-order chi connectivity index (χ0) is 12.1. The summed E-state index contributed by atoms with van der Waals surface area (Å²) >= 11 is 0. The fourth-order valence-electron chi connectivity index (χ4n) is 2.74. The van der Waals surface area contributed by atoms with Gasteiger partial charge in [-0.3, -0.25) is 0 Å². The minimum Gasteiger partial charge on any atom is -0.468 e. The smallest absolute Gasteiger partial charge is 0.123 e. The van der Waals surface area contributed by atoms with Gasteiger partial charge in [-0.05, 0) is 43.7 Å². The summed E-state index contributed by atoms with van der Waals surface area (Å²) in [6.07, 6.45) is 8.02. The average molecular weight is 237 g/mol. The predicted octanol–water partition coefficient (Wildman–Crippen LogP) is 2.87. The first-order chi connectivity index (χ1) is 8.33. The molecule has 0 aliphatic heterocycles. The van der Waals surface area contributed by atoms with Gasteiger partial charge in [0.1, 0.15) is 5.76 Å². The maximum absolute atomic E-state index is 9.40. The highest BCUT2D eigenvalue weighted by molar-refractivity contribution is 5.05. The van der Waals surface area contributed by atoms with E-state index in [-0.39, 0.29) is 12.6 Å². The lowest BCUT2D eigenvalue weighted by Crippen LogP contribution is -2.37. The van der Waals surface area contributed by atoms with Crippen LogP contribution >= 0.6 is 0 Å². The first kappa shape index (κ1) is 12.7. The van der Waals surface area contributed by atoms with Crippen molar-refractivity contribution in [1.29, 1.82) is 0 Å². The van der Waals surface area contributed by atoms with Crippen LogP contribution in [0.3, 0.4) is 0 Å². The van der Waals surface area contributed by atoms with E-state index in [4.69, 9.17) is 4.42 Å². The number of rotatable bonds is 5. The van der Waals surface area contributed by atoms with Gasteiger partial charge in [0.15, 0.2) is 0 Å². The topological polar surface area (TPSA) is 45.4 Å². The second-order valence-electron chi connectivity index (χ2n) is 5.04. The summed E-state index contributed by atoms with van der Waals surface area (Å²) in [5.74, 6) is 1.74. The SMILES string of the molecule is CCC1CCC(NC(CO)c2ccco2)CC1. The van der Waals surface area contributed by atoms with Crippen LogP contribution in [0.25, 0.3) is 0 Å². The third-order valence-electron chi connectivity index (χ3n) is 3.93. The molecule has 96 valence electrons. The van der Waals surface area contributed by atoms with Crippen LogP contribution in [-0.4, -0.2) is 17.8 Å². The molecule has 0 amide bonds. The molecule has 1 fully saturated rings. The molecule has 1 heterocycles. The van der Waals surface area contributed by atoms with Gasteiger partial charge in [0.2, 0.25) is 0 Å². The molecule has 1 aliphatic carbocycles. The molecule has 1 aromatic heterocycles. The Bertz CT molecular complexity index is 302. The Balaban J connectivity index is 1.84. The molecule has 3 heteroatoms. The summed E-state index contributed by atoms with van der Waals surface area (Å²) in [5, 5.41) is 12.9. The third-order valence-corrected chi connectivity index (χ3v) is 3.93. The Kier molecular flexibility index (Phi) is 4.63. The first-order valence-electron chi connectivity index (χ1n) is 6.73. The summed E-state index contributed by atoms with van der Waals surface area (Å²) in [4.78, 5) is 0. The molecular formula is C14H23NO2. The van der Waals surface area contributed by atoms with Gasteiger partial charge >= 0.3 is 0 Å². The molecule has 1 aromatic rings. The molecule has 1 unspecified atom stereocenters. The van der Waals surface area contributed by atoms with Crippen LogP contribution in [0.4, 0.5) is 0 Å². The van der Waals surface area contributed by atoms with Crippen LogP contribution in [-0.2, 0) is 0 Å². The Morgan fingerprint density at radius 3 is 2.71 bits per heavy atom. The van der Waals surface area contributed by atoms with Crippen molar-refractivity contribution in [3.05, 3.63) is 24.2 Å². The minimum atomic E-state index is -0.0480. The van der Waals surface area contributed by atoms with Crippen LogP contribution < -0.4 is 5.32 Å². The van der Waals surface area contributed by atoms with Gasteiger partial charge in [0, 0.05) is 6.04 Å². The lowest BCUT2D eigenvalue weighted by atomic mass is 9.84. The third kappa shape index (κ3) is 3.33. The van der Waals surface area contributed by atoms with Gasteiger partial charge < -0.3 is 14.8 Å². The van der Waals surface area contributed by atoms with Crippen LogP contribution in [0.15, 0.2) is 22.8 Å². The number of hydrogen-bond acceptors (Lipinski definition) is 3. The largest absolute Gasteiger partial charge is 0.468 e. The Hall–Kier alpha value is -0.800.